The number of hydrogen-bond donors (Lipinski definition) is 4. The second kappa shape index (κ2) is 42.1. The van der Waals surface area contributed by atoms with E-state index in [1.54, 1.807) is 123 Å². The summed E-state index contributed by atoms with van der Waals surface area (Å²) in [4.78, 5) is 73.5. The van der Waals surface area contributed by atoms with Gasteiger partial charge in [-0.1, -0.05) is 215 Å². The molecule has 4 N–H and O–H groups in total. The number of benzene rings is 8. The summed E-state index contributed by atoms with van der Waals surface area (Å²) in [6, 6.07) is 70.3. The predicted octanol–water partition coefficient (Wildman–Crippen LogP) is 11.0. The molecule has 4 saturated heterocycles. The third kappa shape index (κ3) is 22.5. The average Bonchev–Trinajstić information content (AvgIpc) is 0.764. The molecule has 4 aliphatic rings. The van der Waals surface area contributed by atoms with E-state index in [2.05, 4.69) is 0 Å². The van der Waals surface area contributed by atoms with Crippen LogP contribution >= 0.6 is 0 Å². The van der Waals surface area contributed by atoms with Gasteiger partial charge < -0.3 is 96.4 Å². The lowest BCUT2D eigenvalue weighted by atomic mass is 9.88. The Labute approximate surface area is 662 Å². The molecule has 25 heteroatoms. The molecule has 0 saturated carbocycles. The Kier molecular flexibility index (Phi) is 30.9. The zero-order chi connectivity index (χ0) is 79.7. The number of aliphatic hydroxyl groups excluding tert-OH is 4. The minimum atomic E-state index is -1.91. The first-order chi connectivity index (χ1) is 55.6. The Morgan fingerprint density at radius 3 is 1.11 bits per heavy atom. The van der Waals surface area contributed by atoms with Gasteiger partial charge in [0.1, 0.15) is 43.2 Å². The molecule has 4 fully saturated rings. The van der Waals surface area contributed by atoms with Gasteiger partial charge in [0.15, 0.2) is 49.6 Å². The van der Waals surface area contributed by atoms with Gasteiger partial charge in [-0.15, -0.1) is 0 Å². The fraction of sp³-hybridized carbons (Fsp3) is 0.404. The lowest BCUT2D eigenvalue weighted by Crippen LogP contribution is -2.67. The fourth-order valence-electron chi connectivity index (χ4n) is 14.3. The maximum atomic E-state index is 14.9. The molecule has 25 nitrogen and oxygen atoms in total. The summed E-state index contributed by atoms with van der Waals surface area (Å²) in [6.45, 7) is 4.10. The quantitative estimate of drug-likeness (QED) is 0.0163. The number of nitrogens with zero attached hydrogens (tertiary/aromatic N) is 1. The van der Waals surface area contributed by atoms with Crippen LogP contribution in [0.15, 0.2) is 243 Å². The number of ether oxygens (including phenoxy) is 15. The number of rotatable bonds is 35. The Morgan fingerprint density at radius 1 is 0.351 bits per heavy atom. The van der Waals surface area contributed by atoms with Crippen molar-refractivity contribution in [1.82, 2.24) is 4.90 Å². The monoisotopic (exact) mass is 1570 g/mol. The molecule has 8 aromatic carbocycles. The van der Waals surface area contributed by atoms with Crippen LogP contribution in [0, 0.1) is 17.8 Å². The largest absolute Gasteiger partial charge is 0.453 e. The van der Waals surface area contributed by atoms with E-state index in [1.807, 2.05) is 121 Å². The highest BCUT2D eigenvalue weighted by Crippen LogP contribution is 2.42. The molecule has 20 atom stereocenters. The lowest BCUT2D eigenvalue weighted by Gasteiger charge is -2.51. The molecule has 8 aromatic rings. The van der Waals surface area contributed by atoms with Crippen molar-refractivity contribution in [3.63, 3.8) is 0 Å². The summed E-state index contributed by atoms with van der Waals surface area (Å²) < 4.78 is 99.2. The van der Waals surface area contributed by atoms with Gasteiger partial charge in [-0.3, -0.25) is 0 Å². The van der Waals surface area contributed by atoms with Crippen molar-refractivity contribution in [3.8, 4) is 0 Å². The van der Waals surface area contributed by atoms with E-state index in [0.717, 1.165) is 22.3 Å². The summed E-state index contributed by atoms with van der Waals surface area (Å²) in [5.41, 5.74) is 3.98. The Bertz CT molecular complexity index is 4220. The first kappa shape index (κ1) is 83.8. The number of unbranched alkanes of at least 4 members (excludes halogenated alkanes) is 2. The average molecular weight is 1570 g/mol. The normalized spacial score (nSPS) is 27.4. The van der Waals surface area contributed by atoms with E-state index in [0.29, 0.717) is 32.4 Å². The van der Waals surface area contributed by atoms with Gasteiger partial charge in [-0.25, -0.2) is 24.0 Å². The van der Waals surface area contributed by atoms with Crippen molar-refractivity contribution in [3.05, 3.63) is 287 Å². The molecule has 20 unspecified atom stereocenters. The van der Waals surface area contributed by atoms with Crippen LogP contribution in [-0.4, -0.2) is 199 Å². The summed E-state index contributed by atoms with van der Waals surface area (Å²) in [5, 5.41) is 46.4. The number of carbonyl (C=O) groups excluding carboxylic acids is 5. The number of aliphatic hydroxyl groups is 4. The van der Waals surface area contributed by atoms with Crippen molar-refractivity contribution in [1.29, 1.82) is 0 Å². The van der Waals surface area contributed by atoms with E-state index < -0.39 is 165 Å². The maximum Gasteiger partial charge on any atom is 0.410 e. The van der Waals surface area contributed by atoms with Crippen molar-refractivity contribution >= 4 is 30.0 Å². The van der Waals surface area contributed by atoms with Crippen molar-refractivity contribution in [2.24, 2.45) is 17.8 Å². The first-order valence-electron chi connectivity index (χ1n) is 38.7. The summed E-state index contributed by atoms with van der Waals surface area (Å²) in [7, 11) is 0. The van der Waals surface area contributed by atoms with Gasteiger partial charge in [0.25, 0.3) is 0 Å². The third-order valence-electron chi connectivity index (χ3n) is 20.7. The molecule has 0 bridgehead atoms. The van der Waals surface area contributed by atoms with Gasteiger partial charge in [0.2, 0.25) is 0 Å². The van der Waals surface area contributed by atoms with Crippen LogP contribution in [0.3, 0.4) is 0 Å². The zero-order valence-electron chi connectivity index (χ0n) is 63.7. The molecule has 0 aliphatic carbocycles. The van der Waals surface area contributed by atoms with Gasteiger partial charge >= 0.3 is 30.0 Å². The van der Waals surface area contributed by atoms with Crippen molar-refractivity contribution < 1.29 is 115 Å². The van der Waals surface area contributed by atoms with Crippen molar-refractivity contribution in [2.75, 3.05) is 39.6 Å². The van der Waals surface area contributed by atoms with Crippen molar-refractivity contribution in [2.45, 2.75) is 171 Å². The molecular formula is C89H99NO24. The highest BCUT2D eigenvalue weighted by Gasteiger charge is 2.58. The van der Waals surface area contributed by atoms with E-state index in [4.69, 9.17) is 71.1 Å². The van der Waals surface area contributed by atoms with Crippen LogP contribution in [0.4, 0.5) is 4.79 Å². The SMILES string of the molecule is CC1C(O)C(CO)OC(OC2C(COCc3ccccc3)OC(OC3C(O)C(CO)OC(OC4C(COCc5ccccc5)OC(OCCCCCN(Cc5ccccc5)C(=O)OCc5ccccc5)C(OC(=O)c5ccccc5)C4C)C3OC(=O)c3ccccc3)C(OC(=O)c3ccccc3)C2C)C1OC(=O)c1ccccc1. The van der Waals surface area contributed by atoms with Crippen LogP contribution in [0.5, 0.6) is 0 Å². The highest BCUT2D eigenvalue weighted by atomic mass is 16.8. The second-order valence-electron chi connectivity index (χ2n) is 28.7. The molecular weight excluding hydrogens is 1470 g/mol. The summed E-state index contributed by atoms with van der Waals surface area (Å²) in [5.74, 6) is -6.17. The van der Waals surface area contributed by atoms with Crippen LogP contribution in [0.25, 0.3) is 0 Å². The van der Waals surface area contributed by atoms with Gasteiger partial charge in [-0.05, 0) is 90.0 Å². The fourth-order valence-corrected chi connectivity index (χ4v) is 14.3. The Balaban J connectivity index is 0.865. The number of hydrogen-bond acceptors (Lipinski definition) is 24. The molecule has 0 aromatic heterocycles. The minimum absolute atomic E-state index is 0.0485. The number of amides is 1. The van der Waals surface area contributed by atoms with E-state index in [1.165, 1.54) is 24.3 Å². The molecule has 114 heavy (non-hydrogen) atoms. The summed E-state index contributed by atoms with van der Waals surface area (Å²) in [6.07, 6.45) is -24.0. The lowest BCUT2D eigenvalue weighted by molar-refractivity contribution is -0.382. The van der Waals surface area contributed by atoms with Crippen LogP contribution in [0.2, 0.25) is 0 Å². The molecule has 4 heterocycles. The van der Waals surface area contributed by atoms with Crippen LogP contribution < -0.4 is 0 Å². The maximum absolute atomic E-state index is 14.9. The standard InChI is InChI=1S/C89H99NO24/c1-57-72(93)68(50-91)104-86(76(57)108-81(95)64-39-21-8-22-40-64)112-75-59(3)78(110-83(97)66-43-25-10-26-44-66)87(107-71(75)56-101-53-62-35-17-6-18-36-62)114-79-73(94)69(51-92)105-88(80(79)111-84(98)67-45-27-11-28-46-67)113-74-58(2)77(109-82(96)65-41-23-9-24-42-65)85(106-70(74)55-100-52-61-33-15-5-16-34-61)102-48-30-12-29-47-90(49-60-31-13-4-14-32-60)89(99)103-54-63-37-19-7-20-38-63/h4-11,13-28,31-46,57-59,68-80,85-88,91-94H,12,29-30,47-56H2,1-3H3. The Morgan fingerprint density at radius 2 is 0.684 bits per heavy atom. The van der Waals surface area contributed by atoms with E-state index in [9.17, 15) is 44.4 Å². The molecule has 1 amide bonds. The molecule has 12 rings (SSSR count). The van der Waals surface area contributed by atoms with Crippen LogP contribution in [-0.2, 0) is 97.4 Å². The number of esters is 4. The zero-order valence-corrected chi connectivity index (χ0v) is 63.7. The highest BCUT2D eigenvalue weighted by molar-refractivity contribution is 5.91. The smallest absolute Gasteiger partial charge is 0.410 e. The molecule has 4 aliphatic heterocycles. The first-order valence-corrected chi connectivity index (χ1v) is 38.7. The molecule has 0 spiro atoms. The van der Waals surface area contributed by atoms with Crippen LogP contribution in [0.1, 0.15) is 104 Å². The van der Waals surface area contributed by atoms with Gasteiger partial charge in [-0.2, -0.15) is 0 Å². The topological polar surface area (TPSA) is 308 Å². The molecule has 604 valence electrons. The second-order valence-corrected chi connectivity index (χ2v) is 28.7. The Hall–Kier alpha value is -9.65. The minimum Gasteiger partial charge on any atom is -0.453 e. The van der Waals surface area contributed by atoms with Gasteiger partial charge in [0.05, 0.1) is 80.2 Å². The molecule has 0 radical (unpaired) electrons. The van der Waals surface area contributed by atoms with E-state index in [-0.39, 0.29) is 61.9 Å². The van der Waals surface area contributed by atoms with E-state index >= 15 is 0 Å². The third-order valence-corrected chi connectivity index (χ3v) is 20.7. The van der Waals surface area contributed by atoms with Gasteiger partial charge in [0, 0.05) is 37.5 Å². The number of carbonyl (C=O) groups is 5. The predicted molar refractivity (Wildman–Crippen MR) is 411 cm³/mol. The summed E-state index contributed by atoms with van der Waals surface area (Å²) >= 11 is 0.